The third-order valence-corrected chi connectivity index (χ3v) is 3.36. The molecule has 20 heavy (non-hydrogen) atoms. The fourth-order valence-corrected chi connectivity index (χ4v) is 2.31. The number of hydrogen-bond donors (Lipinski definition) is 1. The zero-order valence-electron chi connectivity index (χ0n) is 11.4. The third-order valence-electron chi connectivity index (χ3n) is 3.36. The predicted octanol–water partition coefficient (Wildman–Crippen LogP) is 1.99. The van der Waals surface area contributed by atoms with Gasteiger partial charge >= 0.3 is 0 Å². The van der Waals surface area contributed by atoms with Crippen molar-refractivity contribution in [3.8, 4) is 17.1 Å². The van der Waals surface area contributed by atoms with Gasteiger partial charge in [-0.15, -0.1) is 0 Å². The van der Waals surface area contributed by atoms with Crippen molar-refractivity contribution in [2.75, 3.05) is 31.2 Å². The maximum Gasteiger partial charge on any atom is 0.161 e. The number of morpholine rings is 1. The molecule has 0 amide bonds. The Labute approximate surface area is 117 Å². The monoisotopic (exact) mass is 271 g/mol. The van der Waals surface area contributed by atoms with E-state index in [4.69, 9.17) is 4.74 Å². The number of aromatic nitrogens is 2. The lowest BCUT2D eigenvalue weighted by Gasteiger charge is -2.29. The lowest BCUT2D eigenvalue weighted by atomic mass is 10.2. The number of phenols is 1. The van der Waals surface area contributed by atoms with Crippen LogP contribution in [0.4, 0.5) is 5.82 Å². The number of ether oxygens (including phenoxy) is 1. The van der Waals surface area contributed by atoms with E-state index >= 15 is 0 Å². The van der Waals surface area contributed by atoms with Crippen LogP contribution in [0.2, 0.25) is 0 Å². The van der Waals surface area contributed by atoms with Crippen molar-refractivity contribution in [2.24, 2.45) is 0 Å². The summed E-state index contributed by atoms with van der Waals surface area (Å²) >= 11 is 0. The van der Waals surface area contributed by atoms with Crippen LogP contribution in [0.15, 0.2) is 30.5 Å². The first-order valence-electron chi connectivity index (χ1n) is 6.70. The third kappa shape index (κ3) is 2.58. The average Bonchev–Trinajstić information content (AvgIpc) is 2.48. The molecule has 0 atom stereocenters. The molecule has 1 aliphatic rings. The molecule has 2 aromatic rings. The highest BCUT2D eigenvalue weighted by Gasteiger charge is 2.16. The average molecular weight is 271 g/mol. The van der Waals surface area contributed by atoms with Gasteiger partial charge < -0.3 is 14.7 Å². The van der Waals surface area contributed by atoms with Crippen molar-refractivity contribution in [3.63, 3.8) is 0 Å². The maximum atomic E-state index is 9.56. The molecule has 0 saturated carbocycles. The summed E-state index contributed by atoms with van der Waals surface area (Å²) in [6.45, 7) is 5.15. The number of phenolic OH excluding ortho intramolecular Hbond substituents is 1. The zero-order valence-corrected chi connectivity index (χ0v) is 11.4. The molecular formula is C15H17N3O2. The zero-order chi connectivity index (χ0) is 13.9. The van der Waals surface area contributed by atoms with Crippen LogP contribution in [0, 0.1) is 6.92 Å². The molecule has 0 unspecified atom stereocenters. The van der Waals surface area contributed by atoms with Gasteiger partial charge in [-0.1, -0.05) is 12.1 Å². The summed E-state index contributed by atoms with van der Waals surface area (Å²) in [5, 5.41) is 9.56. The second-order valence-corrected chi connectivity index (χ2v) is 4.85. The normalized spacial score (nSPS) is 15.3. The Hall–Kier alpha value is -2.14. The van der Waals surface area contributed by atoms with Crippen LogP contribution < -0.4 is 4.90 Å². The summed E-state index contributed by atoms with van der Waals surface area (Å²) in [7, 11) is 0. The quantitative estimate of drug-likeness (QED) is 0.905. The van der Waals surface area contributed by atoms with Crippen molar-refractivity contribution >= 4 is 5.82 Å². The number of hydrogen-bond acceptors (Lipinski definition) is 5. The van der Waals surface area contributed by atoms with Crippen molar-refractivity contribution < 1.29 is 9.84 Å². The summed E-state index contributed by atoms with van der Waals surface area (Å²) in [5.41, 5.74) is 1.87. The van der Waals surface area contributed by atoms with Crippen LogP contribution in [-0.2, 0) is 4.74 Å². The van der Waals surface area contributed by atoms with Crippen molar-refractivity contribution in [3.05, 3.63) is 36.0 Å². The topological polar surface area (TPSA) is 58.5 Å². The van der Waals surface area contributed by atoms with Crippen LogP contribution in [-0.4, -0.2) is 41.4 Å². The predicted molar refractivity (Wildman–Crippen MR) is 76.9 cm³/mol. The van der Waals surface area contributed by atoms with Crippen LogP contribution in [0.5, 0.6) is 5.75 Å². The molecule has 3 rings (SSSR count). The summed E-state index contributed by atoms with van der Waals surface area (Å²) in [5.74, 6) is 1.80. The van der Waals surface area contributed by atoms with E-state index in [1.54, 1.807) is 18.2 Å². The molecule has 0 radical (unpaired) electrons. The van der Waals surface area contributed by atoms with Crippen molar-refractivity contribution in [2.45, 2.75) is 6.92 Å². The van der Waals surface area contributed by atoms with E-state index in [1.807, 2.05) is 19.2 Å². The largest absolute Gasteiger partial charge is 0.508 e. The van der Waals surface area contributed by atoms with Gasteiger partial charge in [0.25, 0.3) is 0 Å². The fourth-order valence-electron chi connectivity index (χ4n) is 2.31. The highest BCUT2D eigenvalue weighted by molar-refractivity contribution is 5.60. The van der Waals surface area contributed by atoms with E-state index in [0.717, 1.165) is 43.2 Å². The van der Waals surface area contributed by atoms with Gasteiger partial charge in [0.1, 0.15) is 11.6 Å². The van der Waals surface area contributed by atoms with Crippen LogP contribution in [0.3, 0.4) is 0 Å². The summed E-state index contributed by atoms with van der Waals surface area (Å²) < 4.78 is 5.37. The molecule has 1 N–H and O–H groups in total. The summed E-state index contributed by atoms with van der Waals surface area (Å²) in [4.78, 5) is 11.2. The molecule has 1 fully saturated rings. The number of benzene rings is 1. The number of aryl methyl sites for hydroxylation is 1. The van der Waals surface area contributed by atoms with Gasteiger partial charge in [0.15, 0.2) is 5.82 Å². The number of rotatable bonds is 2. The van der Waals surface area contributed by atoms with E-state index in [2.05, 4.69) is 14.9 Å². The molecule has 5 nitrogen and oxygen atoms in total. The second kappa shape index (κ2) is 5.46. The van der Waals surface area contributed by atoms with E-state index in [-0.39, 0.29) is 5.75 Å². The van der Waals surface area contributed by atoms with Gasteiger partial charge in [-0.2, -0.15) is 0 Å². The molecule has 1 aromatic carbocycles. The highest BCUT2D eigenvalue weighted by atomic mass is 16.5. The molecule has 1 saturated heterocycles. The van der Waals surface area contributed by atoms with Crippen molar-refractivity contribution in [1.29, 1.82) is 0 Å². The Bertz CT molecular complexity index is 610. The minimum Gasteiger partial charge on any atom is -0.508 e. The first kappa shape index (κ1) is 12.9. The van der Waals surface area contributed by atoms with E-state index in [0.29, 0.717) is 5.82 Å². The standard InChI is InChI=1S/C15H17N3O2/c1-11-10-16-14(12-3-2-4-13(19)9-12)17-15(11)18-5-7-20-8-6-18/h2-4,9-10,19H,5-8H2,1H3. The number of nitrogens with zero attached hydrogens (tertiary/aromatic N) is 3. The summed E-state index contributed by atoms with van der Waals surface area (Å²) in [6.07, 6.45) is 1.83. The molecule has 1 aliphatic heterocycles. The molecule has 5 heteroatoms. The van der Waals surface area contributed by atoms with Gasteiger partial charge in [0.05, 0.1) is 13.2 Å². The van der Waals surface area contributed by atoms with E-state index < -0.39 is 0 Å². The van der Waals surface area contributed by atoms with Crippen LogP contribution >= 0.6 is 0 Å². The second-order valence-electron chi connectivity index (χ2n) is 4.85. The van der Waals surface area contributed by atoms with Crippen LogP contribution in [0.1, 0.15) is 5.56 Å². The molecule has 104 valence electrons. The molecule has 0 spiro atoms. The maximum absolute atomic E-state index is 9.56. The van der Waals surface area contributed by atoms with Gasteiger partial charge in [-0.3, -0.25) is 0 Å². The lowest BCUT2D eigenvalue weighted by Crippen LogP contribution is -2.37. The Morgan fingerprint density at radius 2 is 2.05 bits per heavy atom. The molecular weight excluding hydrogens is 254 g/mol. The number of anilines is 1. The van der Waals surface area contributed by atoms with Gasteiger partial charge in [-0.05, 0) is 19.1 Å². The van der Waals surface area contributed by atoms with Crippen molar-refractivity contribution in [1.82, 2.24) is 9.97 Å². The lowest BCUT2D eigenvalue weighted by molar-refractivity contribution is 0.122. The minimum atomic E-state index is 0.222. The van der Waals surface area contributed by atoms with E-state index in [1.165, 1.54) is 0 Å². The first-order chi connectivity index (χ1) is 9.74. The van der Waals surface area contributed by atoms with Gasteiger partial charge in [-0.25, -0.2) is 9.97 Å². The Morgan fingerprint density at radius 1 is 1.25 bits per heavy atom. The van der Waals surface area contributed by atoms with E-state index in [9.17, 15) is 5.11 Å². The molecule has 0 aliphatic carbocycles. The SMILES string of the molecule is Cc1cnc(-c2cccc(O)c2)nc1N1CCOCC1. The highest BCUT2D eigenvalue weighted by Crippen LogP contribution is 2.24. The molecule has 1 aromatic heterocycles. The molecule has 2 heterocycles. The van der Waals surface area contributed by atoms with Gasteiger partial charge in [0.2, 0.25) is 0 Å². The Morgan fingerprint density at radius 3 is 2.80 bits per heavy atom. The molecule has 0 bridgehead atoms. The summed E-state index contributed by atoms with van der Waals surface area (Å²) in [6, 6.07) is 7.00. The first-order valence-corrected chi connectivity index (χ1v) is 6.70. The Balaban J connectivity index is 1.97. The smallest absolute Gasteiger partial charge is 0.161 e. The Kier molecular flexibility index (Phi) is 3.52. The number of aromatic hydroxyl groups is 1. The minimum absolute atomic E-state index is 0.222. The fraction of sp³-hybridized carbons (Fsp3) is 0.333. The van der Waals surface area contributed by atoms with Gasteiger partial charge in [0, 0.05) is 30.4 Å². The van der Waals surface area contributed by atoms with Crippen LogP contribution in [0.25, 0.3) is 11.4 Å².